The number of nitriles is 1. The van der Waals surface area contributed by atoms with Crippen molar-refractivity contribution < 1.29 is 9.53 Å². The average molecular weight is 558 g/mol. The predicted octanol–water partition coefficient (Wildman–Crippen LogP) is 3.39. The number of hydrogen-bond donors (Lipinski definition) is 2. The molecule has 1 saturated heterocycles. The minimum absolute atomic E-state index is 0. The van der Waals surface area contributed by atoms with Gasteiger partial charge in [0.25, 0.3) is 5.56 Å². The van der Waals surface area contributed by atoms with E-state index in [-0.39, 0.29) is 41.4 Å². The largest absolute Gasteiger partial charge is 0.493 e. The lowest BCUT2D eigenvalue weighted by atomic mass is 9.96. The first-order chi connectivity index (χ1) is 17.9. The summed E-state index contributed by atoms with van der Waals surface area (Å²) in [7, 11) is 0. The number of rotatable bonds is 8. The summed E-state index contributed by atoms with van der Waals surface area (Å²) in [5, 5.41) is 16.0. The van der Waals surface area contributed by atoms with Gasteiger partial charge in [0.15, 0.2) is 0 Å². The van der Waals surface area contributed by atoms with Crippen LogP contribution in [0.3, 0.4) is 0 Å². The Hall–Kier alpha value is -3.32. The van der Waals surface area contributed by atoms with Crippen molar-refractivity contribution >= 4 is 46.5 Å². The van der Waals surface area contributed by atoms with Crippen LogP contribution in [-0.4, -0.2) is 34.7 Å². The van der Waals surface area contributed by atoms with E-state index in [1.165, 1.54) is 4.57 Å². The van der Waals surface area contributed by atoms with E-state index >= 15 is 0 Å². The minimum Gasteiger partial charge on any atom is -0.493 e. The lowest BCUT2D eigenvalue weighted by Gasteiger charge is -2.19. The highest BCUT2D eigenvalue weighted by Crippen LogP contribution is 2.30. The Morgan fingerprint density at radius 2 is 1.97 bits per heavy atom. The molecule has 1 amide bonds. The molecule has 3 aromatic rings. The lowest BCUT2D eigenvalue weighted by molar-refractivity contribution is -0.120. The first kappa shape index (κ1) is 27.7. The Balaban J connectivity index is 0.00000336. The predicted molar refractivity (Wildman–Crippen MR) is 148 cm³/mol. The second kappa shape index (κ2) is 11.6. The van der Waals surface area contributed by atoms with Gasteiger partial charge in [0.05, 0.1) is 34.0 Å². The van der Waals surface area contributed by atoms with Crippen molar-refractivity contribution in [2.45, 2.75) is 32.9 Å². The van der Waals surface area contributed by atoms with E-state index in [1.807, 2.05) is 13.0 Å². The fourth-order valence-corrected chi connectivity index (χ4v) is 5.07. The van der Waals surface area contributed by atoms with Crippen LogP contribution < -0.4 is 26.6 Å². The van der Waals surface area contributed by atoms with Crippen molar-refractivity contribution in [1.82, 2.24) is 14.5 Å². The molecule has 9 nitrogen and oxygen atoms in total. The summed E-state index contributed by atoms with van der Waals surface area (Å²) < 4.78 is 8.81. The maximum absolute atomic E-state index is 13.2. The molecular weight excluding hydrogens is 529 g/mol. The molecule has 1 aliphatic heterocycles. The van der Waals surface area contributed by atoms with E-state index in [4.69, 9.17) is 21.6 Å². The van der Waals surface area contributed by atoms with Gasteiger partial charge in [0.2, 0.25) is 5.91 Å². The number of anilines is 1. The topological polar surface area (TPSA) is 118 Å². The number of amides is 1. The number of hydrogen-bond acceptors (Lipinski definition) is 6. The van der Waals surface area contributed by atoms with Gasteiger partial charge in [-0.3, -0.25) is 18.7 Å². The molecule has 2 N–H and O–H groups in total. The SMILES string of the molecule is CCn1c(=O)n(CC2CC2)c(=O)c2cc(NC(=O)[C@H]3CNC[C@H]3COc3ccc(C#N)c(Cl)c3)ccc21.Cl. The summed E-state index contributed by atoms with van der Waals surface area (Å²) >= 11 is 6.09. The van der Waals surface area contributed by atoms with Crippen molar-refractivity contribution in [2.24, 2.45) is 17.8 Å². The van der Waals surface area contributed by atoms with Gasteiger partial charge in [-0.25, -0.2) is 4.79 Å². The summed E-state index contributed by atoms with van der Waals surface area (Å²) in [4.78, 5) is 39.3. The number of nitrogens with one attached hydrogen (secondary N) is 2. The van der Waals surface area contributed by atoms with Crippen molar-refractivity contribution in [3.05, 3.63) is 67.8 Å². The van der Waals surface area contributed by atoms with Crippen LogP contribution in [0.2, 0.25) is 5.02 Å². The summed E-state index contributed by atoms with van der Waals surface area (Å²) in [6.07, 6.45) is 2.06. The summed E-state index contributed by atoms with van der Waals surface area (Å²) in [6.45, 7) is 4.19. The number of ether oxygens (including phenoxy) is 1. The molecule has 0 bridgehead atoms. The van der Waals surface area contributed by atoms with Crippen LogP contribution in [0.5, 0.6) is 5.75 Å². The van der Waals surface area contributed by atoms with Crippen molar-refractivity contribution in [3.63, 3.8) is 0 Å². The maximum Gasteiger partial charge on any atom is 0.331 e. The third-order valence-electron chi connectivity index (χ3n) is 7.15. The average Bonchev–Trinajstić information content (AvgIpc) is 3.59. The molecule has 2 aromatic carbocycles. The van der Waals surface area contributed by atoms with E-state index in [0.29, 0.717) is 71.6 Å². The molecule has 2 heterocycles. The molecule has 200 valence electrons. The molecule has 11 heteroatoms. The van der Waals surface area contributed by atoms with Crippen molar-refractivity contribution in [2.75, 3.05) is 25.0 Å². The standard InChI is InChI=1S/C27H28ClN5O4.ClH/c1-2-32-24-8-6-19(9-21(24)26(35)33(27(32)36)14-16-3-4-16)31-25(34)22-13-30-12-18(22)15-37-20-7-5-17(11-29)23(28)10-20;/h5-10,16,18,22,30H,2-4,12-15H2,1H3,(H,31,34);1H/t18-,22-;/m0./s1. The minimum atomic E-state index is -0.333. The molecular formula is C27H29Cl2N5O4. The Kier molecular flexibility index (Phi) is 8.46. The van der Waals surface area contributed by atoms with Crippen molar-refractivity contribution in [3.8, 4) is 11.8 Å². The number of aromatic nitrogens is 2. The van der Waals surface area contributed by atoms with E-state index < -0.39 is 0 Å². The Morgan fingerprint density at radius 1 is 1.18 bits per heavy atom. The number of aryl methyl sites for hydroxylation is 1. The van der Waals surface area contributed by atoms with E-state index in [9.17, 15) is 14.4 Å². The molecule has 2 atom stereocenters. The molecule has 38 heavy (non-hydrogen) atoms. The van der Waals surface area contributed by atoms with Crippen molar-refractivity contribution in [1.29, 1.82) is 5.26 Å². The van der Waals surface area contributed by atoms with Gasteiger partial charge in [-0.2, -0.15) is 5.26 Å². The molecule has 2 fully saturated rings. The molecule has 1 aromatic heterocycles. The lowest BCUT2D eigenvalue weighted by Crippen LogP contribution is -2.40. The van der Waals surface area contributed by atoms with Gasteiger partial charge in [0.1, 0.15) is 11.8 Å². The molecule has 5 rings (SSSR count). The molecule has 0 spiro atoms. The number of carbonyl (C=O) groups excluding carboxylic acids is 1. The second-order valence-corrected chi connectivity index (χ2v) is 10.1. The Morgan fingerprint density at radius 3 is 2.66 bits per heavy atom. The van der Waals surface area contributed by atoms with Crippen LogP contribution in [0, 0.1) is 29.1 Å². The zero-order valence-electron chi connectivity index (χ0n) is 20.9. The summed E-state index contributed by atoms with van der Waals surface area (Å²) in [6, 6.07) is 12.0. The fraction of sp³-hybridized carbons (Fsp3) is 0.407. The zero-order chi connectivity index (χ0) is 26.1. The van der Waals surface area contributed by atoms with Gasteiger partial charge < -0.3 is 15.4 Å². The van der Waals surface area contributed by atoms with Crippen LogP contribution in [0.1, 0.15) is 25.3 Å². The molecule has 0 radical (unpaired) electrons. The van der Waals surface area contributed by atoms with Crippen LogP contribution in [0.25, 0.3) is 10.9 Å². The molecule has 0 unspecified atom stereocenters. The smallest absolute Gasteiger partial charge is 0.331 e. The van der Waals surface area contributed by atoms with Gasteiger partial charge >= 0.3 is 5.69 Å². The normalized spacial score (nSPS) is 18.6. The van der Waals surface area contributed by atoms with Crippen LogP contribution >= 0.6 is 24.0 Å². The molecule has 1 saturated carbocycles. The third-order valence-corrected chi connectivity index (χ3v) is 7.46. The van der Waals surface area contributed by atoms with Gasteiger partial charge in [-0.05, 0) is 56.0 Å². The van der Waals surface area contributed by atoms with Gasteiger partial charge in [-0.15, -0.1) is 12.4 Å². The molecule has 1 aliphatic carbocycles. The van der Waals surface area contributed by atoms with Gasteiger partial charge in [-0.1, -0.05) is 11.6 Å². The third kappa shape index (κ3) is 5.58. The first-order valence-electron chi connectivity index (χ1n) is 12.5. The zero-order valence-corrected chi connectivity index (χ0v) is 22.5. The number of halogens is 2. The highest BCUT2D eigenvalue weighted by Gasteiger charge is 2.33. The summed E-state index contributed by atoms with van der Waals surface area (Å²) in [5.74, 6) is 0.342. The number of nitrogens with zero attached hydrogens (tertiary/aromatic N) is 3. The summed E-state index contributed by atoms with van der Waals surface area (Å²) in [5.41, 5.74) is 0.853. The maximum atomic E-state index is 13.2. The van der Waals surface area contributed by atoms with Gasteiger partial charge in [0, 0.05) is 43.9 Å². The Bertz CT molecular complexity index is 1520. The van der Waals surface area contributed by atoms with E-state index in [1.54, 1.807) is 41.0 Å². The highest BCUT2D eigenvalue weighted by atomic mass is 35.5. The first-order valence-corrected chi connectivity index (χ1v) is 12.9. The Labute approximate surface area is 230 Å². The number of carbonyl (C=O) groups is 1. The number of benzene rings is 2. The number of fused-ring (bicyclic) bond motifs is 1. The quantitative estimate of drug-likeness (QED) is 0.438. The van der Waals surface area contributed by atoms with E-state index in [0.717, 1.165) is 12.8 Å². The molecule has 2 aliphatic rings. The fourth-order valence-electron chi connectivity index (χ4n) is 4.86. The van der Waals surface area contributed by atoms with Crippen LogP contribution in [0.15, 0.2) is 46.0 Å². The van der Waals surface area contributed by atoms with E-state index in [2.05, 4.69) is 10.6 Å². The highest BCUT2D eigenvalue weighted by molar-refractivity contribution is 6.31. The second-order valence-electron chi connectivity index (χ2n) is 9.70. The van der Waals surface area contributed by atoms with Crippen LogP contribution in [-0.2, 0) is 17.9 Å². The van der Waals surface area contributed by atoms with Crippen LogP contribution in [0.4, 0.5) is 5.69 Å². The monoisotopic (exact) mass is 557 g/mol.